The molecule has 6 atom stereocenters. The minimum atomic E-state index is -0.252. The second-order valence-corrected chi connectivity index (χ2v) is 9.52. The predicted molar refractivity (Wildman–Crippen MR) is 120 cm³/mol. The van der Waals surface area contributed by atoms with E-state index in [0.29, 0.717) is 23.1 Å². The van der Waals surface area contributed by atoms with Crippen LogP contribution >= 0.6 is 0 Å². The molecule has 162 valence electrons. The molecular weight excluding hydrogens is 400 g/mol. The van der Waals surface area contributed by atoms with Crippen molar-refractivity contribution in [3.63, 3.8) is 0 Å². The highest BCUT2D eigenvalue weighted by Crippen LogP contribution is 2.65. The van der Waals surface area contributed by atoms with E-state index in [0.717, 1.165) is 12.8 Å². The molecule has 0 N–H and O–H groups in total. The smallest absolute Gasteiger partial charge is 0.259 e. The number of anilines is 1. The number of allylic oxidation sites excluding steroid dienone is 2. The van der Waals surface area contributed by atoms with Crippen LogP contribution < -0.4 is 4.90 Å². The van der Waals surface area contributed by atoms with Crippen molar-refractivity contribution in [2.45, 2.75) is 19.8 Å². The van der Waals surface area contributed by atoms with Crippen molar-refractivity contribution in [3.8, 4) is 0 Å². The third-order valence-corrected chi connectivity index (χ3v) is 7.96. The first-order valence-electron chi connectivity index (χ1n) is 11.6. The fraction of sp³-hybridized carbons (Fsp3) is 0.370. The molecule has 5 nitrogen and oxygen atoms in total. The minimum absolute atomic E-state index is 0.0430. The molecule has 1 aliphatic heterocycles. The van der Waals surface area contributed by atoms with Gasteiger partial charge in [-0.1, -0.05) is 49.4 Å². The average Bonchev–Trinajstić information content (AvgIpc) is 3.63. The first-order chi connectivity index (χ1) is 15.6. The van der Waals surface area contributed by atoms with Gasteiger partial charge < -0.3 is 0 Å². The Hall–Kier alpha value is -3.21. The van der Waals surface area contributed by atoms with Gasteiger partial charge in [0, 0.05) is 11.3 Å². The number of rotatable bonds is 5. The molecule has 5 aliphatic rings. The van der Waals surface area contributed by atoms with E-state index in [1.165, 1.54) is 10.5 Å². The van der Waals surface area contributed by atoms with Crippen LogP contribution in [0.4, 0.5) is 5.69 Å². The largest absolute Gasteiger partial charge is 0.290 e. The van der Waals surface area contributed by atoms with Gasteiger partial charge in [-0.25, -0.2) is 0 Å². The molecule has 3 fully saturated rings. The first kappa shape index (κ1) is 19.5. The fourth-order valence-electron chi connectivity index (χ4n) is 6.21. The monoisotopic (exact) mass is 426 g/mol. The molecule has 2 bridgehead atoms. The Labute approximate surface area is 187 Å². The Morgan fingerprint density at radius 2 is 1.50 bits per heavy atom. The zero-order chi connectivity index (χ0) is 22.0. The molecule has 2 aromatic carbocycles. The van der Waals surface area contributed by atoms with Crippen LogP contribution in [0, 0.1) is 35.5 Å². The van der Waals surface area contributed by atoms with Gasteiger partial charge in [0.25, 0.3) is 5.91 Å². The minimum Gasteiger partial charge on any atom is -0.290 e. The number of hydrogen-bond donors (Lipinski definition) is 0. The van der Waals surface area contributed by atoms with Gasteiger partial charge >= 0.3 is 0 Å². The molecular formula is C27H26N2O3. The molecule has 0 radical (unpaired) electrons. The Morgan fingerprint density at radius 3 is 2.06 bits per heavy atom. The van der Waals surface area contributed by atoms with Crippen LogP contribution in [-0.4, -0.2) is 29.3 Å². The summed E-state index contributed by atoms with van der Waals surface area (Å²) in [5, 5.41) is 0. The Bertz CT molecular complexity index is 1090. The lowest BCUT2D eigenvalue weighted by Gasteiger charge is -2.37. The first-order valence-corrected chi connectivity index (χ1v) is 11.6. The van der Waals surface area contributed by atoms with Crippen molar-refractivity contribution in [1.82, 2.24) is 4.90 Å². The quantitative estimate of drug-likeness (QED) is 0.538. The van der Waals surface area contributed by atoms with Crippen LogP contribution in [0.3, 0.4) is 0 Å². The standard InChI is InChI=1S/C27H26N2O3/c1-2-16-8-10-18(11-9-16)28(25(30)17-6-4-3-5-7-17)15-29-26(31)23-19-12-13-20(22-14-21(19)22)24(23)27(29)32/h3-13,19-24H,2,14-15H2,1H3/t19-,20-,21-,22-,23-,24+/m0/s1. The van der Waals surface area contributed by atoms with Crippen molar-refractivity contribution in [2.24, 2.45) is 35.5 Å². The maximum atomic E-state index is 13.5. The van der Waals surface area contributed by atoms with E-state index in [2.05, 4.69) is 19.1 Å². The summed E-state index contributed by atoms with van der Waals surface area (Å²) in [7, 11) is 0. The summed E-state index contributed by atoms with van der Waals surface area (Å²) in [5.41, 5.74) is 2.39. The van der Waals surface area contributed by atoms with Crippen LogP contribution in [-0.2, 0) is 16.0 Å². The molecule has 1 heterocycles. The van der Waals surface area contributed by atoms with Crippen LogP contribution in [0.5, 0.6) is 0 Å². The Balaban J connectivity index is 1.33. The molecule has 0 spiro atoms. The van der Waals surface area contributed by atoms with Gasteiger partial charge in [-0.15, -0.1) is 0 Å². The van der Waals surface area contributed by atoms with Gasteiger partial charge in [0.2, 0.25) is 11.8 Å². The van der Waals surface area contributed by atoms with E-state index < -0.39 is 0 Å². The van der Waals surface area contributed by atoms with Crippen molar-refractivity contribution >= 4 is 23.4 Å². The summed E-state index contributed by atoms with van der Waals surface area (Å²) in [6, 6.07) is 16.8. The number of carbonyl (C=O) groups excluding carboxylic acids is 3. The van der Waals surface area contributed by atoms with Crippen molar-refractivity contribution < 1.29 is 14.4 Å². The highest BCUT2D eigenvalue weighted by molar-refractivity contribution is 6.09. The second-order valence-electron chi connectivity index (χ2n) is 9.52. The van der Waals surface area contributed by atoms with Crippen molar-refractivity contribution in [2.75, 3.05) is 11.6 Å². The van der Waals surface area contributed by atoms with Crippen LogP contribution in [0.1, 0.15) is 29.3 Å². The lowest BCUT2D eigenvalue weighted by Crippen LogP contribution is -2.45. The fourth-order valence-corrected chi connectivity index (χ4v) is 6.21. The van der Waals surface area contributed by atoms with Crippen LogP contribution in [0.25, 0.3) is 0 Å². The maximum absolute atomic E-state index is 13.5. The number of amides is 3. The highest BCUT2D eigenvalue weighted by atomic mass is 16.2. The normalized spacial score (nSPS) is 31.5. The number of imide groups is 1. The summed E-state index contributed by atoms with van der Waals surface area (Å²) in [4.78, 5) is 43.3. The average molecular weight is 427 g/mol. The van der Waals surface area contributed by atoms with E-state index in [4.69, 9.17) is 0 Å². The summed E-state index contributed by atoms with van der Waals surface area (Å²) >= 11 is 0. The molecule has 4 aliphatic carbocycles. The number of benzene rings is 2. The molecule has 7 rings (SSSR count). The maximum Gasteiger partial charge on any atom is 0.259 e. The summed E-state index contributed by atoms with van der Waals surface area (Å²) in [6.07, 6.45) is 6.38. The molecule has 5 heteroatoms. The molecule has 32 heavy (non-hydrogen) atoms. The Kier molecular flexibility index (Phi) is 4.36. The zero-order valence-electron chi connectivity index (χ0n) is 18.1. The molecule has 2 saturated carbocycles. The predicted octanol–water partition coefficient (Wildman–Crippen LogP) is 3.91. The molecule has 3 amide bonds. The number of aryl methyl sites for hydroxylation is 1. The second kappa shape index (κ2) is 7.16. The van der Waals surface area contributed by atoms with Crippen LogP contribution in [0.15, 0.2) is 66.7 Å². The van der Waals surface area contributed by atoms with Gasteiger partial charge in [-0.05, 0) is 66.3 Å². The Morgan fingerprint density at radius 1 is 0.906 bits per heavy atom. The van der Waals surface area contributed by atoms with Crippen molar-refractivity contribution in [3.05, 3.63) is 77.9 Å². The van der Waals surface area contributed by atoms with Gasteiger partial charge in [0.15, 0.2) is 0 Å². The SMILES string of the molecule is CCc1ccc(N(CN2C(=O)[C@@H]3[C@H]4C=C[C@@H]([C@@H]5C[C@@H]45)[C@@H]3C2=O)C(=O)c2ccccc2)cc1. The number of nitrogens with zero attached hydrogens (tertiary/aromatic N) is 2. The lowest BCUT2D eigenvalue weighted by molar-refractivity contribution is -0.140. The topological polar surface area (TPSA) is 57.7 Å². The van der Waals surface area contributed by atoms with E-state index >= 15 is 0 Å². The van der Waals surface area contributed by atoms with Gasteiger partial charge in [0.05, 0.1) is 11.8 Å². The van der Waals surface area contributed by atoms with E-state index in [9.17, 15) is 14.4 Å². The number of carbonyl (C=O) groups is 3. The van der Waals surface area contributed by atoms with Gasteiger partial charge in [-0.2, -0.15) is 0 Å². The molecule has 0 unspecified atom stereocenters. The van der Waals surface area contributed by atoms with Gasteiger partial charge in [-0.3, -0.25) is 24.2 Å². The molecule has 0 aromatic heterocycles. The summed E-state index contributed by atoms with van der Waals surface area (Å²) in [6.45, 7) is 2.04. The lowest BCUT2D eigenvalue weighted by atomic mass is 9.63. The third-order valence-electron chi connectivity index (χ3n) is 7.96. The molecule has 2 aromatic rings. The van der Waals surface area contributed by atoms with E-state index in [-0.39, 0.29) is 48.1 Å². The van der Waals surface area contributed by atoms with E-state index in [1.807, 2.05) is 42.5 Å². The number of hydrogen-bond acceptors (Lipinski definition) is 3. The van der Waals surface area contributed by atoms with Crippen molar-refractivity contribution in [1.29, 1.82) is 0 Å². The van der Waals surface area contributed by atoms with Crippen LogP contribution in [0.2, 0.25) is 0 Å². The van der Waals surface area contributed by atoms with E-state index in [1.54, 1.807) is 17.0 Å². The summed E-state index contributed by atoms with van der Waals surface area (Å²) < 4.78 is 0. The third kappa shape index (κ3) is 2.80. The van der Waals surface area contributed by atoms with Gasteiger partial charge in [0.1, 0.15) is 6.67 Å². The molecule has 1 saturated heterocycles. The summed E-state index contributed by atoms with van der Waals surface area (Å²) in [5.74, 6) is 0.542. The highest BCUT2D eigenvalue weighted by Gasteiger charge is 2.67. The number of likely N-dealkylation sites (tertiary alicyclic amines) is 1. The zero-order valence-corrected chi connectivity index (χ0v) is 18.1.